The van der Waals surface area contributed by atoms with E-state index in [0.29, 0.717) is 31.2 Å². The van der Waals surface area contributed by atoms with Crippen LogP contribution in [0.1, 0.15) is 17.4 Å². The topological polar surface area (TPSA) is 55.6 Å². The van der Waals surface area contributed by atoms with Gasteiger partial charge >= 0.3 is 0 Å². The maximum absolute atomic E-state index is 12.4. The molecule has 1 aliphatic heterocycles. The highest BCUT2D eigenvalue weighted by Gasteiger charge is 2.27. The van der Waals surface area contributed by atoms with Crippen LogP contribution in [0.15, 0.2) is 40.9 Å². The van der Waals surface area contributed by atoms with Crippen molar-refractivity contribution >= 4 is 5.91 Å². The summed E-state index contributed by atoms with van der Waals surface area (Å²) in [5.41, 5.74) is 1.26. The van der Waals surface area contributed by atoms with Crippen LogP contribution in [-0.2, 0) is 4.74 Å². The van der Waals surface area contributed by atoms with Gasteiger partial charge in [0, 0.05) is 18.2 Å². The zero-order chi connectivity index (χ0) is 13.9. The molecule has 1 aromatic heterocycles. The fourth-order valence-corrected chi connectivity index (χ4v) is 2.29. The second kappa shape index (κ2) is 5.46. The molecule has 1 atom stereocenters. The number of aromatic nitrogens is 1. The molecule has 0 spiro atoms. The van der Waals surface area contributed by atoms with Crippen LogP contribution in [0.3, 0.4) is 0 Å². The molecule has 104 valence electrons. The first kappa shape index (κ1) is 12.9. The highest BCUT2D eigenvalue weighted by molar-refractivity contribution is 5.93. The molecule has 0 aliphatic carbocycles. The SMILES string of the molecule is C[C@H]1COCCN1C(=O)c1cc(-c2ccccc2)on1. The number of nitrogens with zero attached hydrogens (tertiary/aromatic N) is 2. The monoisotopic (exact) mass is 272 g/mol. The summed E-state index contributed by atoms with van der Waals surface area (Å²) in [7, 11) is 0. The van der Waals surface area contributed by atoms with E-state index in [0.717, 1.165) is 5.56 Å². The van der Waals surface area contributed by atoms with Crippen LogP contribution in [0.5, 0.6) is 0 Å². The lowest BCUT2D eigenvalue weighted by Crippen LogP contribution is -2.47. The molecule has 1 fully saturated rings. The van der Waals surface area contributed by atoms with Gasteiger partial charge in [-0.1, -0.05) is 35.5 Å². The molecule has 3 rings (SSSR count). The average molecular weight is 272 g/mol. The van der Waals surface area contributed by atoms with Crippen molar-refractivity contribution in [3.8, 4) is 11.3 Å². The van der Waals surface area contributed by atoms with E-state index in [4.69, 9.17) is 9.26 Å². The smallest absolute Gasteiger partial charge is 0.276 e. The van der Waals surface area contributed by atoms with Gasteiger partial charge in [-0.05, 0) is 6.92 Å². The van der Waals surface area contributed by atoms with Gasteiger partial charge in [0.25, 0.3) is 5.91 Å². The number of amides is 1. The van der Waals surface area contributed by atoms with Crippen molar-refractivity contribution < 1.29 is 14.1 Å². The third-order valence-corrected chi connectivity index (χ3v) is 3.42. The number of rotatable bonds is 2. The Balaban J connectivity index is 1.81. The number of hydrogen-bond donors (Lipinski definition) is 0. The summed E-state index contributed by atoms with van der Waals surface area (Å²) in [4.78, 5) is 14.2. The maximum atomic E-state index is 12.4. The van der Waals surface area contributed by atoms with Crippen LogP contribution in [0.25, 0.3) is 11.3 Å². The first-order valence-electron chi connectivity index (χ1n) is 6.66. The number of carbonyl (C=O) groups excluding carboxylic acids is 1. The quantitative estimate of drug-likeness (QED) is 0.841. The summed E-state index contributed by atoms with van der Waals surface area (Å²) in [6.45, 7) is 3.69. The van der Waals surface area contributed by atoms with Crippen molar-refractivity contribution in [1.82, 2.24) is 10.1 Å². The van der Waals surface area contributed by atoms with Gasteiger partial charge < -0.3 is 14.2 Å². The van der Waals surface area contributed by atoms with Gasteiger partial charge in [0.15, 0.2) is 11.5 Å². The zero-order valence-electron chi connectivity index (χ0n) is 11.3. The van der Waals surface area contributed by atoms with Crippen LogP contribution in [0.4, 0.5) is 0 Å². The Labute approximate surface area is 117 Å². The van der Waals surface area contributed by atoms with Crippen LogP contribution in [-0.4, -0.2) is 41.8 Å². The number of benzene rings is 1. The number of ether oxygens (including phenoxy) is 1. The average Bonchev–Trinajstić information content (AvgIpc) is 2.98. The second-order valence-electron chi connectivity index (χ2n) is 4.86. The van der Waals surface area contributed by atoms with Crippen LogP contribution in [0, 0.1) is 0 Å². The molecule has 2 heterocycles. The lowest BCUT2D eigenvalue weighted by atomic mass is 10.1. The van der Waals surface area contributed by atoms with E-state index >= 15 is 0 Å². The lowest BCUT2D eigenvalue weighted by molar-refractivity contribution is 0.00307. The molecule has 5 nitrogen and oxygen atoms in total. The molecule has 0 N–H and O–H groups in total. The van der Waals surface area contributed by atoms with E-state index in [9.17, 15) is 4.79 Å². The van der Waals surface area contributed by atoms with E-state index in [-0.39, 0.29) is 11.9 Å². The largest absolute Gasteiger partial charge is 0.377 e. The van der Waals surface area contributed by atoms with Crippen LogP contribution < -0.4 is 0 Å². The molecule has 1 amide bonds. The number of hydrogen-bond acceptors (Lipinski definition) is 4. The van der Waals surface area contributed by atoms with E-state index in [1.54, 1.807) is 11.0 Å². The third kappa shape index (κ3) is 2.44. The molecule has 1 saturated heterocycles. The summed E-state index contributed by atoms with van der Waals surface area (Å²) in [5.74, 6) is 0.501. The van der Waals surface area contributed by atoms with Crippen LogP contribution >= 0.6 is 0 Å². The Morgan fingerprint density at radius 1 is 1.35 bits per heavy atom. The Morgan fingerprint density at radius 3 is 2.90 bits per heavy atom. The third-order valence-electron chi connectivity index (χ3n) is 3.42. The molecule has 0 radical (unpaired) electrons. The lowest BCUT2D eigenvalue weighted by Gasteiger charge is -2.32. The Morgan fingerprint density at radius 2 is 2.15 bits per heavy atom. The summed E-state index contributed by atoms with van der Waals surface area (Å²) in [6, 6.07) is 11.4. The second-order valence-corrected chi connectivity index (χ2v) is 4.86. The molecule has 0 saturated carbocycles. The minimum atomic E-state index is -0.105. The molecule has 0 bridgehead atoms. The van der Waals surface area contributed by atoms with Crippen molar-refractivity contribution in [3.05, 3.63) is 42.1 Å². The van der Waals surface area contributed by atoms with Gasteiger partial charge in [-0.15, -0.1) is 0 Å². The van der Waals surface area contributed by atoms with E-state index in [2.05, 4.69) is 5.16 Å². The van der Waals surface area contributed by atoms with Crippen molar-refractivity contribution in [2.24, 2.45) is 0 Å². The first-order valence-corrected chi connectivity index (χ1v) is 6.66. The standard InChI is InChI=1S/C15H16N2O3/c1-11-10-19-8-7-17(11)15(18)13-9-14(20-16-13)12-5-3-2-4-6-12/h2-6,9,11H,7-8,10H2,1H3/t11-/m0/s1. The van der Waals surface area contributed by atoms with E-state index < -0.39 is 0 Å². The molecule has 5 heteroatoms. The highest BCUT2D eigenvalue weighted by atomic mass is 16.5. The molecule has 1 aliphatic rings. The van der Waals surface area contributed by atoms with Gasteiger partial charge in [0.1, 0.15) is 0 Å². The minimum Gasteiger partial charge on any atom is -0.377 e. The normalized spacial score (nSPS) is 19.1. The number of morpholine rings is 1. The summed E-state index contributed by atoms with van der Waals surface area (Å²) >= 11 is 0. The van der Waals surface area contributed by atoms with Gasteiger partial charge in [-0.2, -0.15) is 0 Å². The van der Waals surface area contributed by atoms with Crippen LogP contribution in [0.2, 0.25) is 0 Å². The molecule has 20 heavy (non-hydrogen) atoms. The summed E-state index contributed by atoms with van der Waals surface area (Å²) in [5, 5.41) is 3.90. The molecular formula is C15H16N2O3. The number of carbonyl (C=O) groups is 1. The minimum absolute atomic E-state index is 0.0631. The van der Waals surface area contributed by atoms with Crippen molar-refractivity contribution in [3.63, 3.8) is 0 Å². The highest BCUT2D eigenvalue weighted by Crippen LogP contribution is 2.21. The van der Waals surface area contributed by atoms with Gasteiger partial charge in [-0.3, -0.25) is 4.79 Å². The van der Waals surface area contributed by atoms with Gasteiger partial charge in [-0.25, -0.2) is 0 Å². The van der Waals surface area contributed by atoms with Gasteiger partial charge in [0.05, 0.1) is 19.3 Å². The summed E-state index contributed by atoms with van der Waals surface area (Å²) in [6.07, 6.45) is 0. The fourth-order valence-electron chi connectivity index (χ4n) is 2.29. The Bertz CT molecular complexity index is 594. The van der Waals surface area contributed by atoms with Crippen molar-refractivity contribution in [2.75, 3.05) is 19.8 Å². The van der Waals surface area contributed by atoms with Crippen molar-refractivity contribution in [1.29, 1.82) is 0 Å². The Kier molecular flexibility index (Phi) is 3.52. The van der Waals surface area contributed by atoms with E-state index in [1.165, 1.54) is 0 Å². The predicted molar refractivity (Wildman–Crippen MR) is 73.3 cm³/mol. The zero-order valence-corrected chi connectivity index (χ0v) is 11.3. The van der Waals surface area contributed by atoms with Gasteiger partial charge in [0.2, 0.25) is 0 Å². The fraction of sp³-hybridized carbons (Fsp3) is 0.333. The molecular weight excluding hydrogens is 256 g/mol. The first-order chi connectivity index (χ1) is 9.75. The Hall–Kier alpha value is -2.14. The predicted octanol–water partition coefficient (Wildman–Crippen LogP) is 2.20. The molecule has 0 unspecified atom stereocenters. The van der Waals surface area contributed by atoms with Crippen molar-refractivity contribution in [2.45, 2.75) is 13.0 Å². The molecule has 1 aromatic carbocycles. The maximum Gasteiger partial charge on any atom is 0.276 e. The molecule has 2 aromatic rings. The van der Waals surface area contributed by atoms with E-state index in [1.807, 2.05) is 37.3 Å². The summed E-state index contributed by atoms with van der Waals surface area (Å²) < 4.78 is 10.6.